The van der Waals surface area contributed by atoms with Gasteiger partial charge in [0.15, 0.2) is 0 Å². The summed E-state index contributed by atoms with van der Waals surface area (Å²) in [6.45, 7) is 4.27. The smallest absolute Gasteiger partial charge is 0.252 e. The molecule has 0 aliphatic carbocycles. The van der Waals surface area contributed by atoms with E-state index in [0.29, 0.717) is 12.1 Å². The molecule has 0 aliphatic heterocycles. The van der Waals surface area contributed by atoms with Crippen LogP contribution in [0.5, 0.6) is 0 Å². The molecule has 1 amide bonds. The summed E-state index contributed by atoms with van der Waals surface area (Å²) in [7, 11) is 0. The molecule has 3 rings (SSSR count). The third kappa shape index (κ3) is 2.65. The predicted molar refractivity (Wildman–Crippen MR) is 81.1 cm³/mol. The van der Waals surface area contributed by atoms with Crippen LogP contribution in [0.1, 0.15) is 27.4 Å². The number of carbonyl (C=O) groups excluding carboxylic acids is 1. The van der Waals surface area contributed by atoms with Gasteiger partial charge in [-0.25, -0.2) is 0 Å². The van der Waals surface area contributed by atoms with Crippen molar-refractivity contribution >= 4 is 16.8 Å². The minimum Gasteiger partial charge on any atom is -0.467 e. The van der Waals surface area contributed by atoms with E-state index >= 15 is 0 Å². The molecule has 0 radical (unpaired) electrons. The number of hydrogen-bond donors (Lipinski definition) is 1. The summed E-state index contributed by atoms with van der Waals surface area (Å²) in [5.74, 6) is 0.613. The highest BCUT2D eigenvalue weighted by Gasteiger charge is 2.13. The molecule has 0 bridgehead atoms. The fourth-order valence-corrected chi connectivity index (χ4v) is 2.38. The molecule has 0 unspecified atom stereocenters. The Morgan fingerprint density at radius 2 is 2.10 bits per heavy atom. The summed E-state index contributed by atoms with van der Waals surface area (Å²) < 4.78 is 5.22. The summed E-state index contributed by atoms with van der Waals surface area (Å²) in [6, 6.07) is 11.3. The fraction of sp³-hybridized carbons (Fsp3) is 0.176. The van der Waals surface area contributed by atoms with Gasteiger partial charge in [0, 0.05) is 11.1 Å². The molecule has 3 aromatic rings. The second kappa shape index (κ2) is 5.40. The van der Waals surface area contributed by atoms with Crippen molar-refractivity contribution in [3.05, 3.63) is 65.2 Å². The molecule has 106 valence electrons. The first-order chi connectivity index (χ1) is 10.1. The van der Waals surface area contributed by atoms with Gasteiger partial charge in [0.05, 0.1) is 23.9 Å². The molecule has 0 saturated carbocycles. The first-order valence-electron chi connectivity index (χ1n) is 6.82. The van der Waals surface area contributed by atoms with Gasteiger partial charge in [0.1, 0.15) is 5.76 Å². The van der Waals surface area contributed by atoms with E-state index in [2.05, 4.69) is 10.3 Å². The van der Waals surface area contributed by atoms with E-state index in [1.807, 2.05) is 44.2 Å². The van der Waals surface area contributed by atoms with Gasteiger partial charge in [-0.2, -0.15) is 0 Å². The van der Waals surface area contributed by atoms with Crippen molar-refractivity contribution in [3.63, 3.8) is 0 Å². The molecular formula is C17H16N2O2. The van der Waals surface area contributed by atoms with Crippen LogP contribution in [0.4, 0.5) is 0 Å². The molecule has 4 nitrogen and oxygen atoms in total. The van der Waals surface area contributed by atoms with Crippen molar-refractivity contribution in [2.45, 2.75) is 20.4 Å². The van der Waals surface area contributed by atoms with Crippen molar-refractivity contribution in [2.75, 3.05) is 0 Å². The lowest BCUT2D eigenvalue weighted by atomic mass is 10.0. The van der Waals surface area contributed by atoms with E-state index in [9.17, 15) is 4.79 Å². The molecular weight excluding hydrogens is 264 g/mol. The molecule has 1 aromatic carbocycles. The van der Waals surface area contributed by atoms with Gasteiger partial charge in [-0.05, 0) is 37.6 Å². The van der Waals surface area contributed by atoms with Gasteiger partial charge >= 0.3 is 0 Å². The number of fused-ring (bicyclic) bond motifs is 1. The van der Waals surface area contributed by atoms with Gasteiger partial charge in [0.2, 0.25) is 0 Å². The highest BCUT2D eigenvalue weighted by Crippen LogP contribution is 2.21. The average Bonchev–Trinajstić information content (AvgIpc) is 2.98. The molecule has 0 aliphatic rings. The van der Waals surface area contributed by atoms with Gasteiger partial charge in [-0.15, -0.1) is 0 Å². The Morgan fingerprint density at radius 3 is 2.86 bits per heavy atom. The molecule has 0 fully saturated rings. The van der Waals surface area contributed by atoms with Crippen molar-refractivity contribution in [1.82, 2.24) is 10.3 Å². The monoisotopic (exact) mass is 280 g/mol. The number of nitrogens with one attached hydrogen (secondary N) is 1. The Labute approximate surface area is 122 Å². The van der Waals surface area contributed by atoms with Gasteiger partial charge in [-0.1, -0.05) is 18.2 Å². The molecule has 0 spiro atoms. The number of benzene rings is 1. The zero-order valence-corrected chi connectivity index (χ0v) is 12.0. The Kier molecular flexibility index (Phi) is 3.44. The van der Waals surface area contributed by atoms with Crippen molar-refractivity contribution in [2.24, 2.45) is 0 Å². The van der Waals surface area contributed by atoms with Crippen LogP contribution in [-0.2, 0) is 6.54 Å². The van der Waals surface area contributed by atoms with Crippen LogP contribution in [0, 0.1) is 13.8 Å². The van der Waals surface area contributed by atoms with Crippen LogP contribution >= 0.6 is 0 Å². The number of rotatable bonds is 3. The maximum atomic E-state index is 12.4. The third-order valence-corrected chi connectivity index (χ3v) is 3.42. The minimum absolute atomic E-state index is 0.118. The van der Waals surface area contributed by atoms with E-state index in [1.165, 1.54) is 0 Å². The maximum absolute atomic E-state index is 12.4. The van der Waals surface area contributed by atoms with Gasteiger partial charge < -0.3 is 9.73 Å². The number of aromatic nitrogens is 1. The lowest BCUT2D eigenvalue weighted by Crippen LogP contribution is -2.23. The summed E-state index contributed by atoms with van der Waals surface area (Å²) in [5.41, 5.74) is 3.42. The van der Waals surface area contributed by atoms with E-state index in [4.69, 9.17) is 4.42 Å². The molecule has 4 heteroatoms. The molecule has 1 N–H and O–H groups in total. The Balaban J connectivity index is 1.95. The quantitative estimate of drug-likeness (QED) is 0.800. The third-order valence-electron chi connectivity index (χ3n) is 3.42. The predicted octanol–water partition coefficient (Wildman–Crippen LogP) is 3.37. The van der Waals surface area contributed by atoms with E-state index in [1.54, 1.807) is 12.3 Å². The van der Waals surface area contributed by atoms with Crippen LogP contribution in [-0.4, -0.2) is 10.9 Å². The average molecular weight is 280 g/mol. The lowest BCUT2D eigenvalue weighted by molar-refractivity contribution is 0.0949. The van der Waals surface area contributed by atoms with Crippen molar-refractivity contribution in [3.8, 4) is 0 Å². The van der Waals surface area contributed by atoms with Gasteiger partial charge in [0.25, 0.3) is 5.91 Å². The second-order valence-electron chi connectivity index (χ2n) is 5.04. The zero-order valence-electron chi connectivity index (χ0n) is 12.0. The molecule has 21 heavy (non-hydrogen) atoms. The van der Waals surface area contributed by atoms with Crippen LogP contribution < -0.4 is 5.32 Å². The van der Waals surface area contributed by atoms with Crippen LogP contribution in [0.3, 0.4) is 0 Å². The highest BCUT2D eigenvalue weighted by atomic mass is 16.3. The number of carbonyl (C=O) groups is 1. The summed E-state index contributed by atoms with van der Waals surface area (Å²) in [4.78, 5) is 17.0. The fourth-order valence-electron chi connectivity index (χ4n) is 2.38. The van der Waals surface area contributed by atoms with Crippen molar-refractivity contribution in [1.29, 1.82) is 0 Å². The first-order valence-corrected chi connectivity index (χ1v) is 6.82. The van der Waals surface area contributed by atoms with Crippen LogP contribution in [0.25, 0.3) is 10.9 Å². The summed E-state index contributed by atoms with van der Waals surface area (Å²) in [6.07, 6.45) is 1.59. The summed E-state index contributed by atoms with van der Waals surface area (Å²) >= 11 is 0. The van der Waals surface area contributed by atoms with E-state index in [-0.39, 0.29) is 5.91 Å². The molecule has 0 saturated heterocycles. The van der Waals surface area contributed by atoms with E-state index in [0.717, 1.165) is 27.9 Å². The molecule has 2 heterocycles. The van der Waals surface area contributed by atoms with Crippen LogP contribution in [0.2, 0.25) is 0 Å². The largest absolute Gasteiger partial charge is 0.467 e. The second-order valence-corrected chi connectivity index (χ2v) is 5.04. The number of amides is 1. The van der Waals surface area contributed by atoms with Crippen LogP contribution in [0.15, 0.2) is 47.1 Å². The Hall–Kier alpha value is -2.62. The van der Waals surface area contributed by atoms with E-state index < -0.39 is 0 Å². The normalized spacial score (nSPS) is 10.8. The standard InChI is InChI=1S/C17H16N2O2/c1-11-5-3-7-14-15(9-12(2)19-16(11)14)17(20)18-10-13-6-4-8-21-13/h3-9H,10H2,1-2H3,(H,18,20). The number of nitrogens with zero attached hydrogens (tertiary/aromatic N) is 1. The lowest BCUT2D eigenvalue weighted by Gasteiger charge is -2.09. The Bertz CT molecular complexity index is 792. The zero-order chi connectivity index (χ0) is 14.8. The SMILES string of the molecule is Cc1cc(C(=O)NCc2ccco2)c2cccc(C)c2n1. The molecule has 2 aromatic heterocycles. The van der Waals surface area contributed by atoms with Crippen molar-refractivity contribution < 1.29 is 9.21 Å². The number of para-hydroxylation sites is 1. The summed E-state index contributed by atoms with van der Waals surface area (Å²) in [5, 5.41) is 3.75. The highest BCUT2D eigenvalue weighted by molar-refractivity contribution is 6.06. The Morgan fingerprint density at radius 1 is 1.24 bits per heavy atom. The maximum Gasteiger partial charge on any atom is 0.252 e. The minimum atomic E-state index is -0.118. The molecule has 0 atom stereocenters. The topological polar surface area (TPSA) is 55.1 Å². The number of hydrogen-bond acceptors (Lipinski definition) is 3. The first kappa shape index (κ1) is 13.4. The number of furan rings is 1. The number of aryl methyl sites for hydroxylation is 2. The number of pyridine rings is 1. The van der Waals surface area contributed by atoms with Gasteiger partial charge in [-0.3, -0.25) is 9.78 Å².